The highest BCUT2D eigenvalue weighted by atomic mass is 16.2. The number of nitrogens with one attached hydrogen (secondary N) is 2. The number of likely N-dealkylation sites (tertiary alicyclic amines) is 1. The Morgan fingerprint density at radius 2 is 1.95 bits per heavy atom. The third-order valence-corrected chi connectivity index (χ3v) is 3.56. The van der Waals surface area contributed by atoms with E-state index in [2.05, 4.69) is 29.4 Å². The molecule has 0 saturated carbocycles. The van der Waals surface area contributed by atoms with E-state index in [0.717, 1.165) is 13.0 Å². The SMILES string of the molecule is CC(C)N1CCCC(NCC(=O)NC(C)(C)C)CC1. The van der Waals surface area contributed by atoms with Gasteiger partial charge in [-0.3, -0.25) is 4.79 Å². The second-order valence-corrected chi connectivity index (χ2v) is 6.94. The molecule has 0 aliphatic carbocycles. The zero-order chi connectivity index (χ0) is 14.5. The number of carbonyl (C=O) groups excluding carboxylic acids is 1. The lowest BCUT2D eigenvalue weighted by Crippen LogP contribution is -2.46. The van der Waals surface area contributed by atoms with E-state index in [-0.39, 0.29) is 11.4 Å². The summed E-state index contributed by atoms with van der Waals surface area (Å²) >= 11 is 0. The monoisotopic (exact) mass is 269 g/mol. The Balaban J connectivity index is 2.28. The van der Waals surface area contributed by atoms with Crippen molar-refractivity contribution in [2.45, 2.75) is 71.5 Å². The van der Waals surface area contributed by atoms with Crippen molar-refractivity contribution in [3.63, 3.8) is 0 Å². The number of hydrogen-bond acceptors (Lipinski definition) is 3. The summed E-state index contributed by atoms with van der Waals surface area (Å²) in [6, 6.07) is 1.11. The molecule has 1 aliphatic rings. The van der Waals surface area contributed by atoms with Crippen LogP contribution in [0.4, 0.5) is 0 Å². The lowest BCUT2D eigenvalue weighted by Gasteiger charge is -2.24. The molecule has 1 amide bonds. The summed E-state index contributed by atoms with van der Waals surface area (Å²) < 4.78 is 0. The summed E-state index contributed by atoms with van der Waals surface area (Å²) in [7, 11) is 0. The zero-order valence-corrected chi connectivity index (χ0v) is 13.3. The van der Waals surface area contributed by atoms with E-state index in [9.17, 15) is 4.79 Å². The molecule has 0 spiro atoms. The predicted molar refractivity (Wildman–Crippen MR) is 80.2 cm³/mol. The third kappa shape index (κ3) is 6.92. The summed E-state index contributed by atoms with van der Waals surface area (Å²) in [4.78, 5) is 14.3. The van der Waals surface area contributed by atoms with Gasteiger partial charge in [0.1, 0.15) is 0 Å². The molecular weight excluding hydrogens is 238 g/mol. The first-order chi connectivity index (χ1) is 8.78. The van der Waals surface area contributed by atoms with Crippen LogP contribution in [-0.2, 0) is 4.79 Å². The Morgan fingerprint density at radius 1 is 1.26 bits per heavy atom. The van der Waals surface area contributed by atoms with E-state index in [4.69, 9.17) is 0 Å². The van der Waals surface area contributed by atoms with Crippen LogP contribution < -0.4 is 10.6 Å². The molecule has 0 radical (unpaired) electrons. The molecular formula is C15H31N3O. The fourth-order valence-corrected chi connectivity index (χ4v) is 2.54. The van der Waals surface area contributed by atoms with Gasteiger partial charge in [0.15, 0.2) is 0 Å². The molecule has 0 aromatic carbocycles. The van der Waals surface area contributed by atoms with E-state index in [0.29, 0.717) is 18.6 Å². The van der Waals surface area contributed by atoms with Crippen molar-refractivity contribution in [2.24, 2.45) is 0 Å². The highest BCUT2D eigenvalue weighted by Gasteiger charge is 2.19. The van der Waals surface area contributed by atoms with E-state index in [1.807, 2.05) is 20.8 Å². The molecule has 2 N–H and O–H groups in total. The first-order valence-corrected chi connectivity index (χ1v) is 7.56. The van der Waals surface area contributed by atoms with E-state index in [1.54, 1.807) is 0 Å². The van der Waals surface area contributed by atoms with Gasteiger partial charge >= 0.3 is 0 Å². The number of rotatable bonds is 4. The minimum Gasteiger partial charge on any atom is -0.350 e. The van der Waals surface area contributed by atoms with Crippen LogP contribution in [0.1, 0.15) is 53.9 Å². The first kappa shape index (κ1) is 16.4. The lowest BCUT2D eigenvalue weighted by molar-refractivity contribution is -0.121. The number of carbonyl (C=O) groups is 1. The second-order valence-electron chi connectivity index (χ2n) is 6.94. The van der Waals surface area contributed by atoms with Crippen LogP contribution in [0.5, 0.6) is 0 Å². The standard InChI is InChI=1S/C15H31N3O/c1-12(2)18-9-6-7-13(8-10-18)16-11-14(19)17-15(3,4)5/h12-13,16H,6-11H2,1-5H3,(H,17,19). The van der Waals surface area contributed by atoms with Gasteiger partial charge in [-0.2, -0.15) is 0 Å². The van der Waals surface area contributed by atoms with Crippen molar-refractivity contribution in [3.05, 3.63) is 0 Å². The summed E-state index contributed by atoms with van der Waals surface area (Å²) in [5.74, 6) is 0.0949. The molecule has 1 aliphatic heterocycles. The van der Waals surface area contributed by atoms with E-state index >= 15 is 0 Å². The highest BCUT2D eigenvalue weighted by molar-refractivity contribution is 5.78. The van der Waals surface area contributed by atoms with Gasteiger partial charge in [-0.15, -0.1) is 0 Å². The fraction of sp³-hybridized carbons (Fsp3) is 0.933. The molecule has 1 atom stereocenters. The largest absolute Gasteiger partial charge is 0.350 e. The molecule has 1 saturated heterocycles. The van der Waals surface area contributed by atoms with Crippen LogP contribution in [0.25, 0.3) is 0 Å². The number of amides is 1. The van der Waals surface area contributed by atoms with Gasteiger partial charge in [-0.1, -0.05) is 0 Å². The molecule has 0 aromatic heterocycles. The fourth-order valence-electron chi connectivity index (χ4n) is 2.54. The van der Waals surface area contributed by atoms with Crippen LogP contribution in [0.15, 0.2) is 0 Å². The van der Waals surface area contributed by atoms with Crippen LogP contribution in [0.3, 0.4) is 0 Å². The normalized spacial score (nSPS) is 22.3. The van der Waals surface area contributed by atoms with E-state index < -0.39 is 0 Å². The molecule has 0 bridgehead atoms. The lowest BCUT2D eigenvalue weighted by atomic mass is 10.1. The summed E-state index contributed by atoms with van der Waals surface area (Å²) in [5, 5.41) is 6.39. The highest BCUT2D eigenvalue weighted by Crippen LogP contribution is 2.13. The molecule has 112 valence electrons. The molecule has 19 heavy (non-hydrogen) atoms. The van der Waals surface area contributed by atoms with Crippen molar-refractivity contribution in [2.75, 3.05) is 19.6 Å². The molecule has 1 rings (SSSR count). The van der Waals surface area contributed by atoms with Gasteiger partial charge < -0.3 is 15.5 Å². The van der Waals surface area contributed by atoms with Crippen molar-refractivity contribution in [3.8, 4) is 0 Å². The van der Waals surface area contributed by atoms with E-state index in [1.165, 1.54) is 19.4 Å². The Morgan fingerprint density at radius 3 is 2.53 bits per heavy atom. The van der Waals surface area contributed by atoms with Crippen LogP contribution in [0.2, 0.25) is 0 Å². The number of nitrogens with zero attached hydrogens (tertiary/aromatic N) is 1. The van der Waals surface area contributed by atoms with Gasteiger partial charge in [0.2, 0.25) is 5.91 Å². The minimum atomic E-state index is -0.142. The van der Waals surface area contributed by atoms with Crippen LogP contribution in [-0.4, -0.2) is 48.1 Å². The van der Waals surface area contributed by atoms with Crippen LogP contribution in [0, 0.1) is 0 Å². The van der Waals surface area contributed by atoms with Crippen molar-refractivity contribution in [1.29, 1.82) is 0 Å². The molecule has 4 nitrogen and oxygen atoms in total. The maximum atomic E-state index is 11.8. The summed E-state index contributed by atoms with van der Waals surface area (Å²) in [6.07, 6.45) is 3.53. The average Bonchev–Trinajstić information content (AvgIpc) is 2.49. The first-order valence-electron chi connectivity index (χ1n) is 7.56. The maximum Gasteiger partial charge on any atom is 0.234 e. The van der Waals surface area contributed by atoms with Gasteiger partial charge in [0, 0.05) is 17.6 Å². The van der Waals surface area contributed by atoms with Crippen molar-refractivity contribution < 1.29 is 4.79 Å². The average molecular weight is 269 g/mol. The Bertz CT molecular complexity index is 284. The minimum absolute atomic E-state index is 0.0949. The van der Waals surface area contributed by atoms with Gasteiger partial charge in [-0.05, 0) is 67.0 Å². The molecule has 1 heterocycles. The number of hydrogen-bond donors (Lipinski definition) is 2. The summed E-state index contributed by atoms with van der Waals surface area (Å²) in [6.45, 7) is 13.3. The van der Waals surface area contributed by atoms with Crippen molar-refractivity contribution >= 4 is 5.91 Å². The van der Waals surface area contributed by atoms with Crippen molar-refractivity contribution in [1.82, 2.24) is 15.5 Å². The van der Waals surface area contributed by atoms with Crippen LogP contribution >= 0.6 is 0 Å². The van der Waals surface area contributed by atoms with Gasteiger partial charge in [0.05, 0.1) is 6.54 Å². The Labute approximate surface area is 118 Å². The maximum absolute atomic E-state index is 11.8. The van der Waals surface area contributed by atoms with Gasteiger partial charge in [0.25, 0.3) is 0 Å². The molecule has 4 heteroatoms. The Hall–Kier alpha value is -0.610. The zero-order valence-electron chi connectivity index (χ0n) is 13.3. The summed E-state index contributed by atoms with van der Waals surface area (Å²) in [5.41, 5.74) is -0.142. The smallest absolute Gasteiger partial charge is 0.234 e. The molecule has 1 fully saturated rings. The molecule has 0 aromatic rings. The Kier molecular flexibility index (Phi) is 6.27. The topological polar surface area (TPSA) is 44.4 Å². The molecule has 1 unspecified atom stereocenters. The van der Waals surface area contributed by atoms with Gasteiger partial charge in [-0.25, -0.2) is 0 Å². The third-order valence-electron chi connectivity index (χ3n) is 3.56. The second kappa shape index (κ2) is 7.25. The quantitative estimate of drug-likeness (QED) is 0.817. The predicted octanol–water partition coefficient (Wildman–Crippen LogP) is 1.75.